The second-order valence-corrected chi connectivity index (χ2v) is 2.78. The average Bonchev–Trinajstić information content (AvgIpc) is 2.13. The van der Waals surface area contributed by atoms with E-state index in [2.05, 4.69) is 4.98 Å². The topological polar surface area (TPSA) is 33.1 Å². The molecule has 0 spiro atoms. The fraction of sp³-hybridized carbons (Fsp3) is 0.222. The summed E-state index contributed by atoms with van der Waals surface area (Å²) in [5.74, 6) is -0.529. The van der Waals surface area contributed by atoms with Crippen molar-refractivity contribution in [2.75, 3.05) is 6.61 Å². The zero-order valence-corrected chi connectivity index (χ0v) is 7.63. The van der Waals surface area contributed by atoms with Gasteiger partial charge in [-0.25, -0.2) is 9.37 Å². The molecule has 1 rings (SSSR count). The van der Waals surface area contributed by atoms with Crippen LogP contribution in [0.15, 0.2) is 18.3 Å². The van der Waals surface area contributed by atoms with Crippen LogP contribution < -0.4 is 0 Å². The number of hydrogen-bond donors (Lipinski definition) is 1. The highest BCUT2D eigenvalue weighted by molar-refractivity contribution is 6.29. The molecular formula is C9H9ClFNO. The Labute approximate surface area is 80.7 Å². The Morgan fingerprint density at radius 1 is 1.62 bits per heavy atom. The Morgan fingerprint density at radius 2 is 2.38 bits per heavy atom. The van der Waals surface area contributed by atoms with Gasteiger partial charge in [-0.15, -0.1) is 0 Å². The molecule has 0 saturated heterocycles. The largest absolute Gasteiger partial charge is 0.396 e. The number of nitrogens with zero attached hydrogens (tertiary/aromatic N) is 1. The summed E-state index contributed by atoms with van der Waals surface area (Å²) in [5, 5.41) is 8.35. The molecule has 13 heavy (non-hydrogen) atoms. The molecule has 0 bridgehead atoms. The SMILES string of the molecule is OCCC=Cc1ccnc(Cl)c1F. The monoisotopic (exact) mass is 201 g/mol. The first-order valence-corrected chi connectivity index (χ1v) is 4.21. The molecule has 0 aliphatic rings. The highest BCUT2D eigenvalue weighted by Crippen LogP contribution is 2.16. The van der Waals surface area contributed by atoms with Gasteiger partial charge in [0.2, 0.25) is 0 Å². The average molecular weight is 202 g/mol. The summed E-state index contributed by atoms with van der Waals surface area (Å²) in [5.41, 5.74) is 0.383. The van der Waals surface area contributed by atoms with Crippen LogP contribution in [0.4, 0.5) is 4.39 Å². The number of hydrogen-bond acceptors (Lipinski definition) is 2. The number of aromatic nitrogens is 1. The molecule has 0 atom stereocenters. The van der Waals surface area contributed by atoms with E-state index in [0.29, 0.717) is 12.0 Å². The summed E-state index contributed by atoms with van der Waals surface area (Å²) < 4.78 is 13.1. The van der Waals surface area contributed by atoms with Crippen LogP contribution in [0.5, 0.6) is 0 Å². The third kappa shape index (κ3) is 2.79. The van der Waals surface area contributed by atoms with E-state index >= 15 is 0 Å². The standard InChI is InChI=1S/C9H9ClFNO/c10-9-8(11)7(4-5-12-9)3-1-2-6-13/h1,3-5,13H,2,6H2. The number of aliphatic hydroxyl groups is 1. The minimum atomic E-state index is -0.529. The Bertz CT molecular complexity index is 314. The second-order valence-electron chi connectivity index (χ2n) is 2.42. The lowest BCUT2D eigenvalue weighted by molar-refractivity contribution is 0.303. The van der Waals surface area contributed by atoms with Gasteiger partial charge in [-0.1, -0.05) is 23.8 Å². The Morgan fingerprint density at radius 3 is 3.08 bits per heavy atom. The summed E-state index contributed by atoms with van der Waals surface area (Å²) in [7, 11) is 0. The van der Waals surface area contributed by atoms with Crippen molar-refractivity contribution < 1.29 is 9.50 Å². The number of halogens is 2. The third-order valence-electron chi connectivity index (χ3n) is 1.47. The van der Waals surface area contributed by atoms with Crippen LogP contribution in [0.2, 0.25) is 5.15 Å². The maximum Gasteiger partial charge on any atom is 0.167 e. The Hall–Kier alpha value is -0.930. The third-order valence-corrected chi connectivity index (χ3v) is 1.73. The van der Waals surface area contributed by atoms with Crippen LogP contribution in [-0.2, 0) is 0 Å². The molecule has 1 heterocycles. The van der Waals surface area contributed by atoms with E-state index in [0.717, 1.165) is 0 Å². The highest BCUT2D eigenvalue weighted by atomic mass is 35.5. The Kier molecular flexibility index (Phi) is 3.86. The number of pyridine rings is 1. The molecule has 0 aliphatic carbocycles. The van der Waals surface area contributed by atoms with Gasteiger partial charge in [0.05, 0.1) is 0 Å². The summed E-state index contributed by atoms with van der Waals surface area (Å²) in [6, 6.07) is 1.52. The molecule has 70 valence electrons. The molecule has 0 aliphatic heterocycles. The maximum atomic E-state index is 13.1. The highest BCUT2D eigenvalue weighted by Gasteiger charge is 2.03. The molecule has 0 aromatic carbocycles. The minimum Gasteiger partial charge on any atom is -0.396 e. The molecule has 0 saturated carbocycles. The minimum absolute atomic E-state index is 0.0525. The van der Waals surface area contributed by atoms with Crippen molar-refractivity contribution in [1.82, 2.24) is 4.98 Å². The Balaban J connectivity index is 2.83. The van der Waals surface area contributed by atoms with Gasteiger partial charge in [-0.3, -0.25) is 0 Å². The van der Waals surface area contributed by atoms with Crippen LogP contribution in [0.3, 0.4) is 0 Å². The van der Waals surface area contributed by atoms with Gasteiger partial charge in [0.25, 0.3) is 0 Å². The molecule has 0 amide bonds. The van der Waals surface area contributed by atoms with Crippen LogP contribution in [-0.4, -0.2) is 16.7 Å². The molecule has 0 unspecified atom stereocenters. The van der Waals surface area contributed by atoms with Gasteiger partial charge in [0.15, 0.2) is 11.0 Å². The second kappa shape index (κ2) is 4.94. The van der Waals surface area contributed by atoms with Crippen molar-refractivity contribution in [3.8, 4) is 0 Å². The fourth-order valence-corrected chi connectivity index (χ4v) is 1.01. The zero-order chi connectivity index (χ0) is 9.68. The van der Waals surface area contributed by atoms with Crippen molar-refractivity contribution in [3.63, 3.8) is 0 Å². The molecule has 1 aromatic heterocycles. The molecule has 4 heteroatoms. The van der Waals surface area contributed by atoms with Gasteiger partial charge >= 0.3 is 0 Å². The summed E-state index contributed by atoms with van der Waals surface area (Å²) in [6.07, 6.45) is 5.18. The van der Waals surface area contributed by atoms with Crippen LogP contribution in [0, 0.1) is 5.82 Å². The van der Waals surface area contributed by atoms with Gasteiger partial charge in [-0.2, -0.15) is 0 Å². The van der Waals surface area contributed by atoms with Gasteiger partial charge < -0.3 is 5.11 Å². The van der Waals surface area contributed by atoms with E-state index in [-0.39, 0.29) is 11.8 Å². The van der Waals surface area contributed by atoms with Crippen LogP contribution in [0.25, 0.3) is 6.08 Å². The lowest BCUT2D eigenvalue weighted by atomic mass is 10.2. The maximum absolute atomic E-state index is 13.1. The molecule has 0 radical (unpaired) electrons. The summed E-state index contributed by atoms with van der Waals surface area (Å²) in [4.78, 5) is 3.57. The first-order valence-electron chi connectivity index (χ1n) is 3.83. The van der Waals surface area contributed by atoms with Crippen molar-refractivity contribution >= 4 is 17.7 Å². The van der Waals surface area contributed by atoms with Gasteiger partial charge in [0, 0.05) is 18.4 Å². The van der Waals surface area contributed by atoms with Gasteiger partial charge in [0.1, 0.15) is 0 Å². The van der Waals surface area contributed by atoms with Crippen LogP contribution in [0.1, 0.15) is 12.0 Å². The predicted octanol–water partition coefficient (Wildman–Crippen LogP) is 2.27. The zero-order valence-electron chi connectivity index (χ0n) is 6.87. The molecular weight excluding hydrogens is 193 g/mol. The first kappa shape index (κ1) is 10.2. The van der Waals surface area contributed by atoms with E-state index in [1.807, 2.05) is 0 Å². The van der Waals surface area contributed by atoms with Crippen molar-refractivity contribution in [2.45, 2.75) is 6.42 Å². The van der Waals surface area contributed by atoms with Crippen LogP contribution >= 0.6 is 11.6 Å². The lowest BCUT2D eigenvalue weighted by Crippen LogP contribution is -1.86. The smallest absolute Gasteiger partial charge is 0.167 e. The molecule has 1 N–H and O–H groups in total. The number of aliphatic hydroxyl groups excluding tert-OH is 1. The van der Waals surface area contributed by atoms with Crippen molar-refractivity contribution in [2.24, 2.45) is 0 Å². The molecule has 0 fully saturated rings. The van der Waals surface area contributed by atoms with E-state index in [1.54, 1.807) is 12.2 Å². The predicted molar refractivity (Wildman–Crippen MR) is 49.9 cm³/mol. The first-order chi connectivity index (χ1) is 6.25. The van der Waals surface area contributed by atoms with Gasteiger partial charge in [-0.05, 0) is 12.5 Å². The quantitative estimate of drug-likeness (QED) is 0.762. The summed E-state index contributed by atoms with van der Waals surface area (Å²) in [6.45, 7) is 0.0525. The lowest BCUT2D eigenvalue weighted by Gasteiger charge is -1.96. The van der Waals surface area contributed by atoms with E-state index in [1.165, 1.54) is 12.3 Å². The van der Waals surface area contributed by atoms with Crippen molar-refractivity contribution in [1.29, 1.82) is 0 Å². The van der Waals surface area contributed by atoms with E-state index < -0.39 is 5.82 Å². The molecule has 1 aromatic rings. The fourth-order valence-electron chi connectivity index (χ4n) is 0.846. The number of rotatable bonds is 3. The normalized spacial score (nSPS) is 11.0. The van der Waals surface area contributed by atoms with E-state index in [4.69, 9.17) is 16.7 Å². The summed E-state index contributed by atoms with van der Waals surface area (Å²) >= 11 is 5.46. The van der Waals surface area contributed by atoms with Crippen molar-refractivity contribution in [3.05, 3.63) is 34.9 Å². The molecule has 2 nitrogen and oxygen atoms in total. The van der Waals surface area contributed by atoms with E-state index in [9.17, 15) is 4.39 Å².